The molecule has 31 heavy (non-hydrogen) atoms. The average molecular weight is 460 g/mol. The maximum atomic E-state index is 13.1. The highest BCUT2D eigenvalue weighted by Crippen LogP contribution is 2.40. The van der Waals surface area contributed by atoms with Crippen molar-refractivity contribution in [3.63, 3.8) is 0 Å². The smallest absolute Gasteiger partial charge is 0.343 e. The van der Waals surface area contributed by atoms with Crippen molar-refractivity contribution in [1.82, 2.24) is 19.7 Å². The molecule has 4 rings (SSSR count). The number of nitrogens with one attached hydrogen (secondary N) is 1. The van der Waals surface area contributed by atoms with Crippen molar-refractivity contribution in [2.75, 3.05) is 11.9 Å². The van der Waals surface area contributed by atoms with Crippen LogP contribution >= 0.6 is 23.1 Å². The van der Waals surface area contributed by atoms with E-state index in [1.165, 1.54) is 45.9 Å². The second kappa shape index (κ2) is 9.35. The van der Waals surface area contributed by atoms with Gasteiger partial charge in [0.1, 0.15) is 27.6 Å². The van der Waals surface area contributed by atoms with E-state index >= 15 is 0 Å². The van der Waals surface area contributed by atoms with Crippen molar-refractivity contribution in [3.05, 3.63) is 28.5 Å². The van der Waals surface area contributed by atoms with E-state index in [-0.39, 0.29) is 23.3 Å². The third kappa shape index (κ3) is 4.31. The Balaban J connectivity index is 1.58. The highest BCUT2D eigenvalue weighted by Gasteiger charge is 2.26. The molecule has 0 bridgehead atoms. The van der Waals surface area contributed by atoms with Crippen LogP contribution in [0.3, 0.4) is 0 Å². The maximum Gasteiger partial charge on any atom is 0.343 e. The first kappa shape index (κ1) is 21.8. The van der Waals surface area contributed by atoms with Crippen molar-refractivity contribution in [3.8, 4) is 0 Å². The van der Waals surface area contributed by atoms with Crippen LogP contribution in [0.4, 0.5) is 5.82 Å². The molecule has 0 fully saturated rings. The monoisotopic (exact) mass is 459 g/mol. The Morgan fingerprint density at radius 2 is 2.10 bits per heavy atom. The number of thioether (sulfide) groups is 1. The van der Waals surface area contributed by atoms with Gasteiger partial charge in [-0.05, 0) is 44.6 Å². The first-order chi connectivity index (χ1) is 15.0. The number of carbonyl (C=O) groups is 2. The van der Waals surface area contributed by atoms with Gasteiger partial charge in [-0.2, -0.15) is 5.10 Å². The van der Waals surface area contributed by atoms with Crippen LogP contribution in [-0.4, -0.2) is 43.5 Å². The van der Waals surface area contributed by atoms with Crippen LogP contribution in [0.1, 0.15) is 53.9 Å². The molecule has 0 radical (unpaired) electrons. The van der Waals surface area contributed by atoms with Crippen LogP contribution in [-0.2, 0) is 29.4 Å². The zero-order valence-corrected chi connectivity index (χ0v) is 19.4. The normalized spacial score (nSPS) is 14.3. The second-order valence-corrected chi connectivity index (χ2v) is 9.60. The quantitative estimate of drug-likeness (QED) is 0.324. The fraction of sp³-hybridized carbons (Fsp3) is 0.476. The zero-order chi connectivity index (χ0) is 22.0. The predicted octanol–water partition coefficient (Wildman–Crippen LogP) is 3.99. The van der Waals surface area contributed by atoms with E-state index < -0.39 is 5.97 Å². The zero-order valence-electron chi connectivity index (χ0n) is 17.8. The molecule has 0 saturated heterocycles. The summed E-state index contributed by atoms with van der Waals surface area (Å²) in [7, 11) is 1.68. The van der Waals surface area contributed by atoms with Gasteiger partial charge < -0.3 is 10.1 Å². The van der Waals surface area contributed by atoms with E-state index in [4.69, 9.17) is 4.74 Å². The number of hydrogen-bond donors (Lipinski definition) is 1. The third-order valence-electron chi connectivity index (χ3n) is 5.31. The lowest BCUT2D eigenvalue weighted by Gasteiger charge is -2.16. The molecule has 10 heteroatoms. The largest absolute Gasteiger partial charge is 0.462 e. The van der Waals surface area contributed by atoms with Gasteiger partial charge in [0, 0.05) is 17.3 Å². The summed E-state index contributed by atoms with van der Waals surface area (Å²) in [6.45, 7) is 3.96. The molecule has 3 heterocycles. The maximum absolute atomic E-state index is 13.1. The Bertz CT molecular complexity index is 1120. The lowest BCUT2D eigenvalue weighted by atomic mass is 9.97. The molecule has 164 valence electrons. The Morgan fingerprint density at radius 1 is 1.29 bits per heavy atom. The molecule has 3 aromatic rings. The number of aryl methyl sites for hydroxylation is 3. The Kier molecular flexibility index (Phi) is 6.57. The minimum absolute atomic E-state index is 0.197. The molecule has 0 spiro atoms. The van der Waals surface area contributed by atoms with Crippen molar-refractivity contribution in [1.29, 1.82) is 0 Å². The van der Waals surface area contributed by atoms with E-state index in [0.29, 0.717) is 12.2 Å². The van der Waals surface area contributed by atoms with E-state index in [9.17, 15) is 9.59 Å². The molecule has 1 N–H and O–H groups in total. The number of rotatable bonds is 7. The number of fused-ring (bicyclic) bond motifs is 3. The minimum Gasteiger partial charge on any atom is -0.462 e. The van der Waals surface area contributed by atoms with E-state index in [1.807, 2.05) is 6.92 Å². The number of aromatic nitrogens is 4. The summed E-state index contributed by atoms with van der Waals surface area (Å²) in [6.07, 6.45) is 8.12. The Labute approximate surface area is 188 Å². The van der Waals surface area contributed by atoms with Crippen molar-refractivity contribution in [2.24, 2.45) is 7.05 Å². The molecule has 0 aromatic carbocycles. The van der Waals surface area contributed by atoms with Gasteiger partial charge in [-0.1, -0.05) is 18.7 Å². The molecular formula is C21H25N5O3S2. The fourth-order valence-corrected chi connectivity index (χ4v) is 6.09. The lowest BCUT2D eigenvalue weighted by Crippen LogP contribution is -2.27. The van der Waals surface area contributed by atoms with Crippen LogP contribution in [0, 0.1) is 0 Å². The summed E-state index contributed by atoms with van der Waals surface area (Å²) in [5.74, 6) is -0.366. The highest BCUT2D eigenvalue weighted by atomic mass is 32.2. The van der Waals surface area contributed by atoms with E-state index in [2.05, 4.69) is 20.4 Å². The van der Waals surface area contributed by atoms with E-state index in [0.717, 1.165) is 28.1 Å². The summed E-state index contributed by atoms with van der Waals surface area (Å²) in [5.41, 5.74) is 1.59. The van der Waals surface area contributed by atoms with Gasteiger partial charge in [-0.25, -0.2) is 14.8 Å². The third-order valence-corrected chi connectivity index (χ3v) is 7.87. The molecule has 1 unspecified atom stereocenters. The number of anilines is 1. The molecular weight excluding hydrogens is 434 g/mol. The van der Waals surface area contributed by atoms with Crippen LogP contribution in [0.15, 0.2) is 17.6 Å². The summed E-state index contributed by atoms with van der Waals surface area (Å²) in [5, 5.41) is 8.55. The lowest BCUT2D eigenvalue weighted by molar-refractivity contribution is -0.115. The second-order valence-electron chi connectivity index (χ2n) is 7.32. The molecule has 3 aromatic heterocycles. The molecule has 0 aliphatic heterocycles. The number of ether oxygens (including phenoxy) is 1. The van der Waals surface area contributed by atoms with Crippen molar-refractivity contribution >= 4 is 51.0 Å². The fourth-order valence-electron chi connectivity index (χ4n) is 3.75. The van der Waals surface area contributed by atoms with Gasteiger partial charge in [0.2, 0.25) is 5.91 Å². The van der Waals surface area contributed by atoms with Crippen LogP contribution in [0.25, 0.3) is 10.2 Å². The summed E-state index contributed by atoms with van der Waals surface area (Å²) in [4.78, 5) is 36.7. The van der Waals surface area contributed by atoms with Gasteiger partial charge in [-0.3, -0.25) is 9.48 Å². The predicted molar refractivity (Wildman–Crippen MR) is 122 cm³/mol. The number of nitrogens with zero attached hydrogens (tertiary/aromatic N) is 4. The molecule has 1 aliphatic rings. The first-order valence-electron chi connectivity index (χ1n) is 10.4. The molecule has 0 saturated carbocycles. The summed E-state index contributed by atoms with van der Waals surface area (Å²) >= 11 is 3.20. The van der Waals surface area contributed by atoms with Gasteiger partial charge in [0.05, 0.1) is 18.1 Å². The van der Waals surface area contributed by atoms with Gasteiger partial charge in [0.15, 0.2) is 0 Å². The van der Waals surface area contributed by atoms with Crippen LogP contribution in [0.2, 0.25) is 0 Å². The van der Waals surface area contributed by atoms with Gasteiger partial charge >= 0.3 is 5.97 Å². The summed E-state index contributed by atoms with van der Waals surface area (Å²) < 4.78 is 6.55. The van der Waals surface area contributed by atoms with Crippen molar-refractivity contribution in [2.45, 2.75) is 56.2 Å². The number of esters is 1. The molecule has 1 amide bonds. The Morgan fingerprint density at radius 3 is 2.87 bits per heavy atom. The topological polar surface area (TPSA) is 99.0 Å². The number of amides is 1. The Hall–Kier alpha value is -2.46. The van der Waals surface area contributed by atoms with Crippen LogP contribution < -0.4 is 5.32 Å². The summed E-state index contributed by atoms with van der Waals surface area (Å²) in [6, 6.07) is 0. The highest BCUT2D eigenvalue weighted by molar-refractivity contribution is 8.00. The van der Waals surface area contributed by atoms with Crippen LogP contribution in [0.5, 0.6) is 0 Å². The van der Waals surface area contributed by atoms with Crippen molar-refractivity contribution < 1.29 is 14.3 Å². The number of carbonyl (C=O) groups excluding carboxylic acids is 2. The molecule has 1 atom stereocenters. The SMILES string of the molecule is CCOC(=O)c1cnn(C)c1NC(=O)C(CC)Sc1ncnc2sc3c(c12)CCCC3. The van der Waals surface area contributed by atoms with E-state index in [1.54, 1.807) is 31.6 Å². The standard InChI is InChI=1S/C21H25N5O3S2/c1-4-14(18(27)25-17-13(10-24-26(17)3)21(28)29-5-2)30-19-16-12-8-6-7-9-15(12)31-20(16)23-11-22-19/h10-11,14H,4-9H2,1-3H3,(H,25,27). The average Bonchev–Trinajstić information content (AvgIpc) is 3.33. The minimum atomic E-state index is -0.506. The van der Waals surface area contributed by atoms with Gasteiger partial charge in [-0.15, -0.1) is 11.3 Å². The first-order valence-corrected chi connectivity index (χ1v) is 12.1. The van der Waals surface area contributed by atoms with Gasteiger partial charge in [0.25, 0.3) is 0 Å². The molecule has 1 aliphatic carbocycles. The number of thiophene rings is 1. The number of hydrogen-bond acceptors (Lipinski definition) is 8. The molecule has 8 nitrogen and oxygen atoms in total.